The van der Waals surface area contributed by atoms with Gasteiger partial charge in [-0.1, -0.05) is 12.6 Å². The minimum Gasteiger partial charge on any atom is -0.426 e. The molecule has 5 rings (SSSR count). The van der Waals surface area contributed by atoms with Crippen LogP contribution in [0.15, 0.2) is 18.6 Å². The molecule has 0 atom stereocenters. The first-order chi connectivity index (χ1) is 23.9. The fourth-order valence-corrected chi connectivity index (χ4v) is 7.90. The van der Waals surface area contributed by atoms with Crippen molar-refractivity contribution in [2.24, 2.45) is 0 Å². The maximum Gasteiger partial charge on any atom is 4.00 e. The van der Waals surface area contributed by atoms with Crippen molar-refractivity contribution >= 4 is 193 Å². The van der Waals surface area contributed by atoms with Gasteiger partial charge in [0.25, 0.3) is 0 Å². The first-order valence-corrected chi connectivity index (χ1v) is 23.2. The Bertz CT molecular complexity index is 1000. The van der Waals surface area contributed by atoms with Crippen LogP contribution in [0.5, 0.6) is 5.88 Å². The second kappa shape index (κ2) is 34.9. The van der Waals surface area contributed by atoms with Crippen LogP contribution in [0.1, 0.15) is 0 Å². The van der Waals surface area contributed by atoms with E-state index < -0.39 is 0 Å². The molecule has 5 heterocycles. The molecule has 11 nitrogen and oxygen atoms in total. The molecule has 26 heteroatoms. The van der Waals surface area contributed by atoms with Gasteiger partial charge in [0.2, 0.25) is 10.3 Å². The van der Waals surface area contributed by atoms with E-state index >= 15 is 0 Å². The summed E-state index contributed by atoms with van der Waals surface area (Å²) in [6, 6.07) is 0. The van der Waals surface area contributed by atoms with Crippen molar-refractivity contribution in [3.63, 3.8) is 0 Å². The maximum absolute atomic E-state index is 5.06. The van der Waals surface area contributed by atoms with Gasteiger partial charge in [-0.05, 0) is 12.2 Å². The summed E-state index contributed by atoms with van der Waals surface area (Å²) in [4.78, 5) is 27.8. The number of thiol groups is 1. The average molecular weight is 1050 g/mol. The topological polar surface area (TPSA) is 84.9 Å². The first-order valence-electron chi connectivity index (χ1n) is 14.5. The van der Waals surface area contributed by atoms with E-state index in [-0.39, 0.29) is 43.0 Å². The zero-order chi connectivity index (χ0) is 37.0. The van der Waals surface area contributed by atoms with Crippen LogP contribution in [0.3, 0.4) is 0 Å². The minimum atomic E-state index is 0. The zero-order valence-corrected chi connectivity index (χ0v) is 40.4. The Labute approximate surface area is 386 Å². The van der Waals surface area contributed by atoms with Crippen molar-refractivity contribution in [1.82, 2.24) is 30.2 Å². The van der Waals surface area contributed by atoms with Crippen LogP contribution >= 0.6 is 121 Å². The molecule has 4 aliphatic heterocycles. The largest absolute Gasteiger partial charge is 4.00 e. The van der Waals surface area contributed by atoms with Crippen LogP contribution in [-0.2, 0) is 90.9 Å². The van der Waals surface area contributed by atoms with E-state index in [0.29, 0.717) is 5.88 Å². The van der Waals surface area contributed by atoms with Gasteiger partial charge in [0.05, 0.1) is 23.7 Å². The second-order valence-corrected chi connectivity index (χ2v) is 18.9. The SMILES string of the molecule is S=C(S)Oc1cnccn1.S=C([S-])ON1CCSCC1.S=C([S-])ON1CCSCC1.S=C([S-])ON1CCSCC1.S=C([S-])ON1CCSCC1.[Mo+4]. The fourth-order valence-electron chi connectivity index (χ4n) is 3.40. The predicted octanol–water partition coefficient (Wildman–Crippen LogP) is 4.26. The van der Waals surface area contributed by atoms with Crippen molar-refractivity contribution in [2.45, 2.75) is 0 Å². The molecule has 1 aromatic heterocycles. The third kappa shape index (κ3) is 33.5. The first kappa shape index (κ1) is 52.7. The van der Waals surface area contributed by atoms with Crippen LogP contribution < -0.4 is 4.74 Å². The third-order valence-electron chi connectivity index (χ3n) is 5.43. The van der Waals surface area contributed by atoms with Gasteiger partial charge in [-0.2, -0.15) is 47.0 Å². The molecule has 0 unspecified atom stereocenters. The molecule has 286 valence electrons. The molecule has 0 aromatic carbocycles. The van der Waals surface area contributed by atoms with Crippen molar-refractivity contribution in [1.29, 1.82) is 0 Å². The number of aromatic nitrogens is 2. The number of thioether (sulfide) groups is 4. The van der Waals surface area contributed by atoms with Crippen molar-refractivity contribution in [2.75, 3.05) is 98.4 Å². The van der Waals surface area contributed by atoms with E-state index in [4.69, 9.17) is 24.1 Å². The summed E-state index contributed by atoms with van der Waals surface area (Å²) in [5.41, 5.74) is 0. The normalized spacial score (nSPS) is 17.7. The Morgan fingerprint density at radius 1 is 0.549 bits per heavy atom. The molecule has 0 saturated carbocycles. The van der Waals surface area contributed by atoms with Gasteiger partial charge in [0, 0.05) is 111 Å². The van der Waals surface area contributed by atoms with Gasteiger partial charge in [-0.25, -0.2) is 4.98 Å². The van der Waals surface area contributed by atoms with E-state index in [9.17, 15) is 0 Å². The van der Waals surface area contributed by atoms with Crippen LogP contribution in [0.25, 0.3) is 0 Å². The number of hydrogen-bond acceptors (Lipinski definition) is 24. The molecule has 0 N–H and O–H groups in total. The van der Waals surface area contributed by atoms with Gasteiger partial charge < -0.3 is 123 Å². The molecule has 4 saturated heterocycles. The Morgan fingerprint density at radius 3 is 1.02 bits per heavy atom. The summed E-state index contributed by atoms with van der Waals surface area (Å²) >= 11 is 53.0. The summed E-state index contributed by atoms with van der Waals surface area (Å²) in [5.74, 6) is 9.24. The number of ether oxygens (including phenoxy) is 1. The monoisotopic (exact) mass is 1050 g/mol. The van der Waals surface area contributed by atoms with E-state index in [2.05, 4.69) is 134 Å². The Balaban J connectivity index is 0.000000610. The molecule has 0 amide bonds. The number of rotatable bonds is 5. The number of thiocarbonyl (C=S) groups is 5. The number of nitrogens with zero attached hydrogens (tertiary/aromatic N) is 6. The van der Waals surface area contributed by atoms with E-state index in [0.717, 1.165) is 98.4 Å². The van der Waals surface area contributed by atoms with Crippen LogP contribution in [0, 0.1) is 0 Å². The molecule has 0 radical (unpaired) electrons. The van der Waals surface area contributed by atoms with Gasteiger partial charge >= 0.3 is 21.1 Å². The molecular weight excluding hydrogens is 1010 g/mol. The Hall–Kier alpha value is 1.69. The van der Waals surface area contributed by atoms with Crippen molar-refractivity contribution in [3.8, 4) is 5.88 Å². The summed E-state index contributed by atoms with van der Waals surface area (Å²) in [5, 5.41) is 7.30. The average Bonchev–Trinajstić information content (AvgIpc) is 3.07. The van der Waals surface area contributed by atoms with E-state index in [1.165, 1.54) is 12.4 Å². The fraction of sp³-hybridized carbons (Fsp3) is 0.640. The third-order valence-corrected chi connectivity index (χ3v) is 9.97. The smallest absolute Gasteiger partial charge is 0.426 e. The minimum absolute atomic E-state index is 0. The van der Waals surface area contributed by atoms with Crippen molar-refractivity contribution in [3.05, 3.63) is 18.6 Å². The molecule has 4 aliphatic rings. The number of hydroxylamine groups is 8. The van der Waals surface area contributed by atoms with Crippen LogP contribution in [0.4, 0.5) is 0 Å². The second-order valence-electron chi connectivity index (χ2n) is 8.94. The quantitative estimate of drug-likeness (QED) is 0.197. The van der Waals surface area contributed by atoms with Crippen LogP contribution in [0.2, 0.25) is 0 Å². The van der Waals surface area contributed by atoms with Gasteiger partial charge in [-0.3, -0.25) is 4.98 Å². The van der Waals surface area contributed by atoms with Gasteiger partial charge in [0.15, 0.2) is 0 Å². The number of hydrogen-bond donors (Lipinski definition) is 1. The standard InChI is InChI=1S/C5H4N2OS2.4C5H9NOS3.Mo/c9-5(10)8-4-3-6-1-2-7-4;4*8-5(9)7-6-1-3-10-4-2-6;/h1-3H,(H,9,10);4*1-4H2,(H,8,9);/q;;;;;+4/p-4. The molecule has 0 bridgehead atoms. The molecule has 1 aromatic rings. The molecular formula is C25H36MoN6O5S14. The molecule has 0 aliphatic carbocycles. The summed E-state index contributed by atoms with van der Waals surface area (Å²) in [6.45, 7) is 7.46. The Morgan fingerprint density at radius 2 is 0.824 bits per heavy atom. The molecule has 0 spiro atoms. The summed E-state index contributed by atoms with van der Waals surface area (Å²) in [6.07, 6.45) is 4.53. The molecule has 4 fully saturated rings. The summed E-state index contributed by atoms with van der Waals surface area (Å²) in [7, 11) is 0. The van der Waals surface area contributed by atoms with Crippen molar-refractivity contribution < 1.29 is 45.2 Å². The zero-order valence-electron chi connectivity index (χ0n) is 26.9. The van der Waals surface area contributed by atoms with E-state index in [1.807, 2.05) is 67.3 Å². The Kier molecular flexibility index (Phi) is 36.1. The van der Waals surface area contributed by atoms with E-state index in [1.54, 1.807) is 6.20 Å². The van der Waals surface area contributed by atoms with Crippen LogP contribution in [-0.4, -0.2) is 151 Å². The molecule has 51 heavy (non-hydrogen) atoms. The van der Waals surface area contributed by atoms with Gasteiger partial charge in [0.1, 0.15) is 0 Å². The predicted molar refractivity (Wildman–Crippen MR) is 244 cm³/mol. The maximum atomic E-state index is 5.06. The summed E-state index contributed by atoms with van der Waals surface area (Å²) < 4.78 is 5.78. The van der Waals surface area contributed by atoms with Gasteiger partial charge in [-0.15, -0.1) is 20.3 Å².